The molecule has 0 saturated carbocycles. The third kappa shape index (κ3) is 6.66. The van der Waals surface area contributed by atoms with Gasteiger partial charge in [-0.15, -0.1) is 65.8 Å². The molecular formula is C51H38N5PtS-3. The number of benzene rings is 5. The Balaban J connectivity index is 0.00000436. The molecule has 5 aromatic carbocycles. The van der Waals surface area contributed by atoms with Gasteiger partial charge in [0.15, 0.2) is 0 Å². The molecule has 5 nitrogen and oxygen atoms in total. The van der Waals surface area contributed by atoms with Gasteiger partial charge >= 0.3 is 0 Å². The zero-order valence-electron chi connectivity index (χ0n) is 32.2. The monoisotopic (exact) mass is 947 g/mol. The molecule has 9 aromatic rings. The maximum Gasteiger partial charge on any atom is 0.136 e. The first-order valence-corrected chi connectivity index (χ1v) is 20.0. The number of thiophene rings is 1. The van der Waals surface area contributed by atoms with Crippen LogP contribution in [0.4, 0.5) is 22.9 Å². The van der Waals surface area contributed by atoms with Gasteiger partial charge in [0, 0.05) is 43.8 Å². The fourth-order valence-electron chi connectivity index (χ4n) is 7.82. The van der Waals surface area contributed by atoms with Gasteiger partial charge in [-0.2, -0.15) is 11.3 Å². The van der Waals surface area contributed by atoms with Crippen molar-refractivity contribution in [3.63, 3.8) is 0 Å². The molecule has 5 heterocycles. The van der Waals surface area contributed by atoms with Crippen molar-refractivity contribution in [2.75, 3.05) is 9.80 Å². The molecule has 0 saturated heterocycles. The molecule has 0 fully saturated rings. The van der Waals surface area contributed by atoms with Gasteiger partial charge < -0.3 is 14.4 Å². The number of fused-ring (bicyclic) bond motifs is 4. The molecule has 286 valence electrons. The van der Waals surface area contributed by atoms with Crippen LogP contribution in [0.2, 0.25) is 0 Å². The zero-order chi connectivity index (χ0) is 38.5. The Hall–Kier alpha value is -6.07. The molecule has 0 unspecified atom stereocenters. The summed E-state index contributed by atoms with van der Waals surface area (Å²) in [4.78, 5) is 14.1. The summed E-state index contributed by atoms with van der Waals surface area (Å²) in [5.74, 6) is 1.74. The third-order valence-corrected chi connectivity index (χ3v) is 11.5. The van der Waals surface area contributed by atoms with E-state index < -0.39 is 0 Å². The minimum atomic E-state index is -0.0265. The van der Waals surface area contributed by atoms with Crippen LogP contribution in [0.3, 0.4) is 0 Å². The van der Waals surface area contributed by atoms with Gasteiger partial charge in [-0.05, 0) is 81.0 Å². The summed E-state index contributed by atoms with van der Waals surface area (Å²) in [7, 11) is 0. The van der Waals surface area contributed by atoms with E-state index in [1.165, 1.54) is 10.3 Å². The summed E-state index contributed by atoms with van der Waals surface area (Å²) in [5, 5.41) is 3.32. The number of para-hydroxylation sites is 1. The summed E-state index contributed by atoms with van der Waals surface area (Å²) in [6, 6.07) is 61.1. The van der Waals surface area contributed by atoms with Crippen molar-refractivity contribution in [1.82, 2.24) is 14.5 Å². The Morgan fingerprint density at radius 2 is 1.34 bits per heavy atom. The number of hydrogen-bond acceptors (Lipinski definition) is 5. The normalized spacial score (nSPS) is 12.5. The molecule has 0 bridgehead atoms. The van der Waals surface area contributed by atoms with Crippen molar-refractivity contribution in [3.8, 4) is 5.82 Å². The van der Waals surface area contributed by atoms with Crippen molar-refractivity contribution in [1.29, 1.82) is 0 Å². The number of pyridine rings is 2. The second kappa shape index (κ2) is 15.4. The first-order chi connectivity index (χ1) is 27.9. The van der Waals surface area contributed by atoms with E-state index in [1.807, 2.05) is 24.5 Å². The van der Waals surface area contributed by atoms with E-state index >= 15 is 0 Å². The smallest absolute Gasteiger partial charge is 0.136 e. The number of nitrogens with zero attached hydrogens (tertiary/aromatic N) is 5. The molecule has 4 aromatic heterocycles. The Labute approximate surface area is 357 Å². The SMILES string of the molecule is CC(C)(C)c1ccnc(-n2c3[c-]c(C(=C(c4ccccc4)c4ccccc4)c4[c-]c(N5[CH-]N(c6ccccc6)c6cccnc65)ccc4)ccc3c3sccc32)c1.[Pt]. The first kappa shape index (κ1) is 37.5. The van der Waals surface area contributed by atoms with Crippen LogP contribution >= 0.6 is 11.3 Å². The molecule has 58 heavy (non-hydrogen) atoms. The van der Waals surface area contributed by atoms with E-state index in [1.54, 1.807) is 11.3 Å². The van der Waals surface area contributed by atoms with E-state index in [9.17, 15) is 0 Å². The molecule has 0 amide bonds. The van der Waals surface area contributed by atoms with Crippen molar-refractivity contribution in [2.45, 2.75) is 26.2 Å². The summed E-state index contributed by atoms with van der Waals surface area (Å²) in [6.45, 7) is 8.84. The summed E-state index contributed by atoms with van der Waals surface area (Å²) >= 11 is 1.76. The fraction of sp³-hybridized carbons (Fsp3) is 0.0784. The fourth-order valence-corrected chi connectivity index (χ4v) is 8.73. The van der Waals surface area contributed by atoms with E-state index in [-0.39, 0.29) is 26.5 Å². The van der Waals surface area contributed by atoms with Gasteiger partial charge in [0.05, 0.1) is 11.2 Å². The standard InChI is InChI=1S/C51H38N5S.Pt/c1-51(2,3)39-26-29-52-46(33-39)56-43-27-30-57-49(43)42-25-24-38(32-45(42)56)48(47(35-15-7-4-8-16-35)36-17-9-5-10-18-36)37-19-13-22-41(31-37)55-34-54(40-20-11-6-12-21-40)44-23-14-28-53-50(44)55;/h4-30,33-34H,1-3H3;/q-3;. The molecule has 10 rings (SSSR count). The van der Waals surface area contributed by atoms with Crippen molar-refractivity contribution >= 4 is 66.5 Å². The predicted molar refractivity (Wildman–Crippen MR) is 236 cm³/mol. The minimum absolute atomic E-state index is 0. The van der Waals surface area contributed by atoms with Crippen LogP contribution in [0.5, 0.6) is 0 Å². The van der Waals surface area contributed by atoms with Crippen LogP contribution in [0, 0.1) is 18.8 Å². The largest absolute Gasteiger partial charge is 0.473 e. The number of aromatic nitrogens is 3. The Bertz CT molecular complexity index is 2890. The zero-order valence-corrected chi connectivity index (χ0v) is 35.3. The average Bonchev–Trinajstić information content (AvgIpc) is 3.97. The maximum absolute atomic E-state index is 4.95. The second-order valence-electron chi connectivity index (χ2n) is 15.2. The third-order valence-electron chi connectivity index (χ3n) is 10.6. The molecule has 1 aliphatic rings. The summed E-state index contributed by atoms with van der Waals surface area (Å²) in [5.41, 5.74) is 12.5. The average molecular weight is 948 g/mol. The van der Waals surface area contributed by atoms with E-state index in [4.69, 9.17) is 9.97 Å². The van der Waals surface area contributed by atoms with E-state index in [2.05, 4.69) is 199 Å². The molecule has 1 aliphatic heterocycles. The van der Waals surface area contributed by atoms with Crippen LogP contribution in [-0.2, 0) is 26.5 Å². The molecular weight excluding hydrogens is 910 g/mol. The van der Waals surface area contributed by atoms with Crippen LogP contribution in [0.15, 0.2) is 169 Å². The summed E-state index contributed by atoms with van der Waals surface area (Å²) < 4.78 is 3.50. The van der Waals surface area contributed by atoms with E-state index in [0.717, 1.165) is 78.5 Å². The second-order valence-corrected chi connectivity index (χ2v) is 16.1. The first-order valence-electron chi connectivity index (χ1n) is 19.1. The Morgan fingerprint density at radius 3 is 2.07 bits per heavy atom. The minimum Gasteiger partial charge on any atom is -0.473 e. The van der Waals surface area contributed by atoms with E-state index in [0.29, 0.717) is 0 Å². The van der Waals surface area contributed by atoms with Crippen LogP contribution in [-0.4, -0.2) is 14.5 Å². The van der Waals surface area contributed by atoms with Gasteiger partial charge in [-0.1, -0.05) is 111 Å². The van der Waals surface area contributed by atoms with Gasteiger partial charge in [0.25, 0.3) is 0 Å². The van der Waals surface area contributed by atoms with Crippen molar-refractivity contribution in [3.05, 3.63) is 216 Å². The Morgan fingerprint density at radius 1 is 0.638 bits per heavy atom. The quantitative estimate of drug-likeness (QED) is 0.118. The number of rotatable bonds is 7. The predicted octanol–water partition coefficient (Wildman–Crippen LogP) is 12.9. The molecule has 0 N–H and O–H groups in total. The molecule has 7 heteroatoms. The van der Waals surface area contributed by atoms with Gasteiger partial charge in [-0.3, -0.25) is 0 Å². The maximum atomic E-state index is 4.95. The van der Waals surface area contributed by atoms with Gasteiger partial charge in [0.1, 0.15) is 11.6 Å². The number of anilines is 4. The molecule has 0 atom stereocenters. The summed E-state index contributed by atoms with van der Waals surface area (Å²) in [6.07, 6.45) is 3.78. The number of hydrogen-bond donors (Lipinski definition) is 0. The Kier molecular flexibility index (Phi) is 9.93. The van der Waals surface area contributed by atoms with Crippen LogP contribution in [0.25, 0.3) is 38.1 Å². The van der Waals surface area contributed by atoms with Gasteiger partial charge in [0.2, 0.25) is 0 Å². The van der Waals surface area contributed by atoms with Crippen molar-refractivity contribution in [2.24, 2.45) is 0 Å². The van der Waals surface area contributed by atoms with Crippen LogP contribution < -0.4 is 9.80 Å². The molecule has 0 aliphatic carbocycles. The molecule has 0 spiro atoms. The van der Waals surface area contributed by atoms with Crippen molar-refractivity contribution < 1.29 is 21.1 Å². The topological polar surface area (TPSA) is 37.2 Å². The van der Waals surface area contributed by atoms with Gasteiger partial charge in [-0.25, -0.2) is 9.97 Å². The molecule has 0 radical (unpaired) electrons. The van der Waals surface area contributed by atoms with Crippen LogP contribution in [0.1, 0.15) is 48.6 Å².